The lowest BCUT2D eigenvalue weighted by atomic mass is 10.2. The lowest BCUT2D eigenvalue weighted by molar-refractivity contribution is 0.326. The summed E-state index contributed by atoms with van der Waals surface area (Å²) in [6.45, 7) is 1.95. The minimum absolute atomic E-state index is 0.623. The highest BCUT2D eigenvalue weighted by atomic mass is 32.1. The van der Waals surface area contributed by atoms with Gasteiger partial charge in [0, 0.05) is 6.54 Å². The van der Waals surface area contributed by atoms with Crippen molar-refractivity contribution in [1.29, 1.82) is 0 Å². The first kappa shape index (κ1) is 5.47. The lowest BCUT2D eigenvalue weighted by Crippen LogP contribution is -2.26. The Morgan fingerprint density at radius 2 is 2.56 bits per heavy atom. The zero-order valence-corrected chi connectivity index (χ0v) is 5.99. The highest BCUT2D eigenvalue weighted by Crippen LogP contribution is 2.23. The maximum atomic E-state index is 5.18. The van der Waals surface area contributed by atoms with Gasteiger partial charge in [0.25, 0.3) is 5.17 Å². The van der Waals surface area contributed by atoms with Gasteiger partial charge < -0.3 is 9.64 Å². The molecule has 2 aliphatic rings. The van der Waals surface area contributed by atoms with Crippen molar-refractivity contribution >= 4 is 17.4 Å². The van der Waals surface area contributed by atoms with E-state index >= 15 is 0 Å². The summed E-state index contributed by atoms with van der Waals surface area (Å²) in [5, 5.41) is 0.720. The predicted octanol–water partition coefficient (Wildman–Crippen LogP) is 0.766. The summed E-state index contributed by atoms with van der Waals surface area (Å²) in [4.78, 5) is 2.19. The van der Waals surface area contributed by atoms with E-state index in [9.17, 15) is 0 Å². The van der Waals surface area contributed by atoms with Crippen LogP contribution in [-0.4, -0.2) is 29.3 Å². The molecule has 1 unspecified atom stereocenters. The topological polar surface area (TPSA) is 12.5 Å². The molecular formula is C6H9NOS. The molecule has 9 heavy (non-hydrogen) atoms. The van der Waals surface area contributed by atoms with Crippen molar-refractivity contribution in [2.75, 3.05) is 13.2 Å². The van der Waals surface area contributed by atoms with Gasteiger partial charge in [-0.05, 0) is 25.1 Å². The predicted molar refractivity (Wildman–Crippen MR) is 38.3 cm³/mol. The summed E-state index contributed by atoms with van der Waals surface area (Å²) < 4.78 is 5.18. The third kappa shape index (κ3) is 0.713. The van der Waals surface area contributed by atoms with E-state index in [2.05, 4.69) is 4.90 Å². The molecule has 0 aromatic rings. The molecule has 0 N–H and O–H groups in total. The summed E-state index contributed by atoms with van der Waals surface area (Å²) in [6.07, 6.45) is 2.55. The third-order valence-electron chi connectivity index (χ3n) is 2.01. The van der Waals surface area contributed by atoms with E-state index in [1.54, 1.807) is 0 Å². The van der Waals surface area contributed by atoms with Crippen LogP contribution < -0.4 is 0 Å². The second-order valence-corrected chi connectivity index (χ2v) is 2.92. The largest absolute Gasteiger partial charge is 0.469 e. The fourth-order valence-electron chi connectivity index (χ4n) is 1.50. The molecule has 2 heterocycles. The molecule has 0 bridgehead atoms. The van der Waals surface area contributed by atoms with Gasteiger partial charge in [-0.25, -0.2) is 0 Å². The fraction of sp³-hybridized carbons (Fsp3) is 0.833. The molecule has 0 amide bonds. The van der Waals surface area contributed by atoms with Crippen LogP contribution in [0.4, 0.5) is 0 Å². The van der Waals surface area contributed by atoms with Gasteiger partial charge in [0.05, 0.1) is 6.04 Å². The van der Waals surface area contributed by atoms with Crippen LogP contribution in [0, 0.1) is 0 Å². The van der Waals surface area contributed by atoms with Crippen LogP contribution in [0.25, 0.3) is 0 Å². The Kier molecular flexibility index (Phi) is 1.12. The van der Waals surface area contributed by atoms with Crippen LogP contribution in [0.15, 0.2) is 0 Å². The van der Waals surface area contributed by atoms with Crippen molar-refractivity contribution in [3.05, 3.63) is 0 Å². The average molecular weight is 143 g/mol. The Morgan fingerprint density at radius 3 is 3.33 bits per heavy atom. The first-order valence-electron chi connectivity index (χ1n) is 3.31. The number of hydrogen-bond acceptors (Lipinski definition) is 2. The van der Waals surface area contributed by atoms with Crippen LogP contribution in [0.3, 0.4) is 0 Å². The monoisotopic (exact) mass is 143 g/mol. The molecule has 2 fully saturated rings. The minimum Gasteiger partial charge on any atom is -0.469 e. The molecule has 2 saturated heterocycles. The van der Waals surface area contributed by atoms with E-state index < -0.39 is 0 Å². The Balaban J connectivity index is 2.15. The molecular weight excluding hydrogens is 134 g/mol. The Hall–Kier alpha value is -0.310. The van der Waals surface area contributed by atoms with E-state index in [4.69, 9.17) is 17.0 Å². The SMILES string of the molecule is S=C1OCC2CCCN12. The van der Waals surface area contributed by atoms with Gasteiger partial charge in [0.2, 0.25) is 0 Å². The van der Waals surface area contributed by atoms with Gasteiger partial charge in [0.1, 0.15) is 6.61 Å². The number of hydrogen-bond donors (Lipinski definition) is 0. The van der Waals surface area contributed by atoms with Crippen molar-refractivity contribution in [3.63, 3.8) is 0 Å². The van der Waals surface area contributed by atoms with Crippen LogP contribution in [0.2, 0.25) is 0 Å². The highest BCUT2D eigenvalue weighted by Gasteiger charge is 2.33. The van der Waals surface area contributed by atoms with Crippen molar-refractivity contribution in [2.45, 2.75) is 18.9 Å². The molecule has 0 radical (unpaired) electrons. The van der Waals surface area contributed by atoms with E-state index in [0.717, 1.165) is 18.3 Å². The van der Waals surface area contributed by atoms with Crippen molar-refractivity contribution in [2.24, 2.45) is 0 Å². The maximum absolute atomic E-state index is 5.18. The summed E-state index contributed by atoms with van der Waals surface area (Å²) in [5.74, 6) is 0. The molecule has 2 rings (SSSR count). The summed E-state index contributed by atoms with van der Waals surface area (Å²) in [6, 6.07) is 0.623. The third-order valence-corrected chi connectivity index (χ3v) is 2.36. The molecule has 1 atom stereocenters. The van der Waals surface area contributed by atoms with Crippen molar-refractivity contribution < 1.29 is 4.74 Å². The number of nitrogens with zero attached hydrogens (tertiary/aromatic N) is 1. The molecule has 3 heteroatoms. The zero-order chi connectivity index (χ0) is 6.27. The molecule has 0 aromatic heterocycles. The number of rotatable bonds is 0. The number of fused-ring (bicyclic) bond motifs is 1. The van der Waals surface area contributed by atoms with Crippen LogP contribution in [0.5, 0.6) is 0 Å². The van der Waals surface area contributed by atoms with E-state index in [1.807, 2.05) is 0 Å². The second-order valence-electron chi connectivity index (χ2n) is 2.57. The zero-order valence-electron chi connectivity index (χ0n) is 5.17. The van der Waals surface area contributed by atoms with E-state index in [-0.39, 0.29) is 0 Å². The molecule has 50 valence electrons. The summed E-state index contributed by atoms with van der Waals surface area (Å²) in [5.41, 5.74) is 0. The standard InChI is InChI=1S/C6H9NOS/c9-6-7-3-1-2-5(7)4-8-6/h5H,1-4H2. The smallest absolute Gasteiger partial charge is 0.259 e. The maximum Gasteiger partial charge on any atom is 0.259 e. The van der Waals surface area contributed by atoms with Gasteiger partial charge in [-0.1, -0.05) is 0 Å². The van der Waals surface area contributed by atoms with Gasteiger partial charge >= 0.3 is 0 Å². The normalized spacial score (nSPS) is 32.7. The number of ether oxygens (including phenoxy) is 1. The van der Waals surface area contributed by atoms with Crippen molar-refractivity contribution in [3.8, 4) is 0 Å². The molecule has 0 spiro atoms. The van der Waals surface area contributed by atoms with Crippen LogP contribution in [-0.2, 0) is 4.74 Å². The van der Waals surface area contributed by atoms with E-state index in [0.29, 0.717) is 6.04 Å². The van der Waals surface area contributed by atoms with Gasteiger partial charge in [-0.15, -0.1) is 0 Å². The molecule has 0 aromatic carbocycles. The summed E-state index contributed by atoms with van der Waals surface area (Å²) in [7, 11) is 0. The van der Waals surface area contributed by atoms with E-state index in [1.165, 1.54) is 12.8 Å². The minimum atomic E-state index is 0.623. The summed E-state index contributed by atoms with van der Waals surface area (Å²) >= 11 is 4.96. The Bertz CT molecular complexity index is 148. The van der Waals surface area contributed by atoms with Gasteiger partial charge in [0.15, 0.2) is 0 Å². The molecule has 0 saturated carbocycles. The highest BCUT2D eigenvalue weighted by molar-refractivity contribution is 7.80. The number of thiocarbonyl (C=S) groups is 1. The second kappa shape index (κ2) is 1.84. The molecule has 2 aliphatic heterocycles. The molecule has 2 nitrogen and oxygen atoms in total. The van der Waals surface area contributed by atoms with Crippen LogP contribution >= 0.6 is 12.2 Å². The Labute approximate surface area is 59.8 Å². The van der Waals surface area contributed by atoms with Gasteiger partial charge in [-0.3, -0.25) is 0 Å². The van der Waals surface area contributed by atoms with Gasteiger partial charge in [-0.2, -0.15) is 0 Å². The van der Waals surface area contributed by atoms with Crippen molar-refractivity contribution in [1.82, 2.24) is 4.90 Å². The Morgan fingerprint density at radius 1 is 1.67 bits per heavy atom. The lowest BCUT2D eigenvalue weighted by Gasteiger charge is -2.11. The first-order chi connectivity index (χ1) is 4.38. The fourth-order valence-corrected chi connectivity index (χ4v) is 1.81. The quantitative estimate of drug-likeness (QED) is 0.465. The van der Waals surface area contributed by atoms with Crippen LogP contribution in [0.1, 0.15) is 12.8 Å². The first-order valence-corrected chi connectivity index (χ1v) is 3.72. The average Bonchev–Trinajstić information content (AvgIpc) is 2.35. The molecule has 0 aliphatic carbocycles.